The van der Waals surface area contributed by atoms with E-state index in [4.69, 9.17) is 0 Å². The van der Waals surface area contributed by atoms with Crippen LogP contribution in [0.2, 0.25) is 0 Å². The molecule has 0 atom stereocenters. The van der Waals surface area contributed by atoms with Crippen LogP contribution in [0, 0.1) is 3.57 Å². The van der Waals surface area contributed by atoms with Gasteiger partial charge in [0.1, 0.15) is 5.82 Å². The topological polar surface area (TPSA) is 17.8 Å². The van der Waals surface area contributed by atoms with E-state index in [0.29, 0.717) is 0 Å². The molecule has 0 amide bonds. The molecule has 78 valence electrons. The van der Waals surface area contributed by atoms with Crippen LogP contribution >= 0.6 is 22.6 Å². The standard InChI is InChI=1S/C12H13IN2/c1-2-7-15-8-6-14-12(15)10-4-3-5-11(13)9-10/h3-6,8-9H,2,7H2,1H3. The van der Waals surface area contributed by atoms with Gasteiger partial charge in [-0.25, -0.2) is 4.98 Å². The average Bonchev–Trinajstić information content (AvgIpc) is 2.66. The van der Waals surface area contributed by atoms with Crippen molar-refractivity contribution in [1.29, 1.82) is 0 Å². The number of rotatable bonds is 3. The van der Waals surface area contributed by atoms with Crippen molar-refractivity contribution in [3.8, 4) is 11.4 Å². The Kier molecular flexibility index (Phi) is 3.41. The Morgan fingerprint density at radius 3 is 3.00 bits per heavy atom. The van der Waals surface area contributed by atoms with E-state index in [9.17, 15) is 0 Å². The fraction of sp³-hybridized carbons (Fsp3) is 0.250. The molecule has 0 radical (unpaired) electrons. The van der Waals surface area contributed by atoms with Crippen LogP contribution in [0.1, 0.15) is 13.3 Å². The van der Waals surface area contributed by atoms with Gasteiger partial charge in [0.05, 0.1) is 0 Å². The zero-order valence-electron chi connectivity index (χ0n) is 8.65. The van der Waals surface area contributed by atoms with Crippen molar-refractivity contribution in [1.82, 2.24) is 9.55 Å². The summed E-state index contributed by atoms with van der Waals surface area (Å²) in [6, 6.07) is 8.44. The zero-order valence-corrected chi connectivity index (χ0v) is 10.8. The Morgan fingerprint density at radius 2 is 2.27 bits per heavy atom. The molecule has 0 saturated heterocycles. The van der Waals surface area contributed by atoms with Gasteiger partial charge in [0, 0.05) is 28.1 Å². The Hall–Kier alpha value is -0.840. The maximum absolute atomic E-state index is 4.41. The lowest BCUT2D eigenvalue weighted by Crippen LogP contribution is -1.98. The van der Waals surface area contributed by atoms with Crippen molar-refractivity contribution in [2.24, 2.45) is 0 Å². The number of nitrogens with zero attached hydrogens (tertiary/aromatic N) is 2. The summed E-state index contributed by atoms with van der Waals surface area (Å²) in [4.78, 5) is 4.41. The highest BCUT2D eigenvalue weighted by Crippen LogP contribution is 2.19. The lowest BCUT2D eigenvalue weighted by atomic mass is 10.2. The van der Waals surface area contributed by atoms with Crippen molar-refractivity contribution in [2.45, 2.75) is 19.9 Å². The van der Waals surface area contributed by atoms with Gasteiger partial charge in [0.15, 0.2) is 0 Å². The first-order chi connectivity index (χ1) is 7.31. The van der Waals surface area contributed by atoms with Crippen LogP contribution in [-0.4, -0.2) is 9.55 Å². The number of benzene rings is 1. The van der Waals surface area contributed by atoms with E-state index in [1.807, 2.05) is 12.4 Å². The van der Waals surface area contributed by atoms with E-state index in [-0.39, 0.29) is 0 Å². The Bertz CT molecular complexity index is 448. The molecule has 0 aliphatic rings. The van der Waals surface area contributed by atoms with Gasteiger partial charge in [-0.05, 0) is 41.1 Å². The van der Waals surface area contributed by atoms with Crippen molar-refractivity contribution in [3.05, 3.63) is 40.2 Å². The molecule has 0 fully saturated rings. The summed E-state index contributed by atoms with van der Waals surface area (Å²) in [5, 5.41) is 0. The minimum atomic E-state index is 1.03. The lowest BCUT2D eigenvalue weighted by Gasteiger charge is -2.06. The highest BCUT2D eigenvalue weighted by atomic mass is 127. The third-order valence-corrected chi connectivity index (χ3v) is 2.93. The van der Waals surface area contributed by atoms with Gasteiger partial charge in [-0.2, -0.15) is 0 Å². The first-order valence-corrected chi connectivity index (χ1v) is 6.16. The minimum absolute atomic E-state index is 1.03. The molecule has 0 bridgehead atoms. The molecule has 2 nitrogen and oxygen atoms in total. The SMILES string of the molecule is CCCn1ccnc1-c1cccc(I)c1. The van der Waals surface area contributed by atoms with Crippen molar-refractivity contribution < 1.29 is 0 Å². The summed E-state index contributed by atoms with van der Waals surface area (Å²) in [6.07, 6.45) is 5.04. The molecule has 1 aromatic heterocycles. The highest BCUT2D eigenvalue weighted by Gasteiger charge is 2.04. The van der Waals surface area contributed by atoms with Gasteiger partial charge in [-0.1, -0.05) is 19.1 Å². The number of halogens is 1. The summed E-state index contributed by atoms with van der Waals surface area (Å²) < 4.78 is 3.45. The normalized spacial score (nSPS) is 10.5. The van der Waals surface area contributed by atoms with Gasteiger partial charge in [0.2, 0.25) is 0 Å². The molecule has 3 heteroatoms. The quantitative estimate of drug-likeness (QED) is 0.792. The Labute approximate surface area is 103 Å². The van der Waals surface area contributed by atoms with Gasteiger partial charge in [-0.3, -0.25) is 0 Å². The molecule has 0 saturated carbocycles. The van der Waals surface area contributed by atoms with E-state index in [2.05, 4.69) is 63.3 Å². The van der Waals surface area contributed by atoms with Gasteiger partial charge >= 0.3 is 0 Å². The maximum atomic E-state index is 4.41. The molecule has 1 heterocycles. The molecule has 0 aliphatic carbocycles. The van der Waals surface area contributed by atoms with Crippen LogP contribution in [0.15, 0.2) is 36.7 Å². The fourth-order valence-corrected chi connectivity index (χ4v) is 2.16. The first kappa shape index (κ1) is 10.7. The number of aryl methyl sites for hydroxylation is 1. The summed E-state index contributed by atoms with van der Waals surface area (Å²) >= 11 is 2.33. The van der Waals surface area contributed by atoms with E-state index in [0.717, 1.165) is 18.8 Å². The molecular weight excluding hydrogens is 299 g/mol. The minimum Gasteiger partial charge on any atom is -0.331 e. The number of hydrogen-bond donors (Lipinski definition) is 0. The second kappa shape index (κ2) is 4.79. The van der Waals surface area contributed by atoms with Crippen LogP contribution in [0.3, 0.4) is 0 Å². The van der Waals surface area contributed by atoms with E-state index in [1.165, 1.54) is 9.13 Å². The van der Waals surface area contributed by atoms with Gasteiger partial charge in [-0.15, -0.1) is 0 Å². The predicted octanol–water partition coefficient (Wildman–Crippen LogP) is 3.56. The molecule has 0 aliphatic heterocycles. The molecule has 1 aromatic carbocycles. The molecular formula is C12H13IN2. The molecule has 2 rings (SSSR count). The van der Waals surface area contributed by atoms with Gasteiger partial charge < -0.3 is 4.57 Å². The molecule has 15 heavy (non-hydrogen) atoms. The molecule has 0 spiro atoms. The summed E-state index contributed by atoms with van der Waals surface area (Å²) in [5.74, 6) is 1.07. The van der Waals surface area contributed by atoms with E-state index in [1.54, 1.807) is 0 Å². The second-order valence-electron chi connectivity index (χ2n) is 3.45. The summed E-state index contributed by atoms with van der Waals surface area (Å²) in [6.45, 7) is 3.21. The van der Waals surface area contributed by atoms with Crippen molar-refractivity contribution >= 4 is 22.6 Å². The van der Waals surface area contributed by atoms with Crippen molar-refractivity contribution in [2.75, 3.05) is 0 Å². The molecule has 0 N–H and O–H groups in total. The predicted molar refractivity (Wildman–Crippen MR) is 70.7 cm³/mol. The third-order valence-electron chi connectivity index (χ3n) is 2.26. The summed E-state index contributed by atoms with van der Waals surface area (Å²) in [5.41, 5.74) is 1.19. The highest BCUT2D eigenvalue weighted by molar-refractivity contribution is 14.1. The maximum Gasteiger partial charge on any atom is 0.139 e. The zero-order chi connectivity index (χ0) is 10.7. The monoisotopic (exact) mass is 312 g/mol. The van der Waals surface area contributed by atoms with Crippen LogP contribution in [0.5, 0.6) is 0 Å². The van der Waals surface area contributed by atoms with Crippen LogP contribution in [0.4, 0.5) is 0 Å². The van der Waals surface area contributed by atoms with Gasteiger partial charge in [0.25, 0.3) is 0 Å². The smallest absolute Gasteiger partial charge is 0.139 e. The average molecular weight is 312 g/mol. The third kappa shape index (κ3) is 2.40. The lowest BCUT2D eigenvalue weighted by molar-refractivity contribution is 0.685. The molecule has 0 unspecified atom stereocenters. The second-order valence-corrected chi connectivity index (χ2v) is 4.70. The number of hydrogen-bond acceptors (Lipinski definition) is 1. The summed E-state index contributed by atoms with van der Waals surface area (Å²) in [7, 11) is 0. The van der Waals surface area contributed by atoms with E-state index < -0.39 is 0 Å². The molecule has 2 aromatic rings. The number of imidazole rings is 1. The van der Waals surface area contributed by atoms with E-state index >= 15 is 0 Å². The van der Waals surface area contributed by atoms with Crippen LogP contribution in [0.25, 0.3) is 11.4 Å². The van der Waals surface area contributed by atoms with Crippen LogP contribution in [-0.2, 0) is 6.54 Å². The fourth-order valence-electron chi connectivity index (χ4n) is 1.62. The Morgan fingerprint density at radius 1 is 1.40 bits per heavy atom. The number of aromatic nitrogens is 2. The first-order valence-electron chi connectivity index (χ1n) is 5.08. The van der Waals surface area contributed by atoms with Crippen LogP contribution < -0.4 is 0 Å². The largest absolute Gasteiger partial charge is 0.331 e. The van der Waals surface area contributed by atoms with Crippen molar-refractivity contribution in [3.63, 3.8) is 0 Å². The Balaban J connectivity index is 2.40.